The Morgan fingerprint density at radius 2 is 1.70 bits per heavy atom. The van der Waals surface area contributed by atoms with Crippen LogP contribution in [0.3, 0.4) is 0 Å². The summed E-state index contributed by atoms with van der Waals surface area (Å²) < 4.78 is 23.0. The lowest BCUT2D eigenvalue weighted by molar-refractivity contribution is -0.136. The minimum atomic E-state index is -0.567. The highest BCUT2D eigenvalue weighted by Crippen LogP contribution is 2.39. The summed E-state index contributed by atoms with van der Waals surface area (Å²) in [5.74, 6) is 0.985. The Balaban J connectivity index is 1.63. The number of esters is 1. The van der Waals surface area contributed by atoms with Crippen molar-refractivity contribution in [2.75, 3.05) is 13.7 Å². The summed E-state index contributed by atoms with van der Waals surface area (Å²) in [6, 6.07) is 17.6. The van der Waals surface area contributed by atoms with Gasteiger partial charge in [0.25, 0.3) is 0 Å². The van der Waals surface area contributed by atoms with Crippen LogP contribution in [0.25, 0.3) is 21.4 Å². The minimum absolute atomic E-state index is 0.261. The Hall–Kier alpha value is -3.10. The first-order valence-corrected chi connectivity index (χ1v) is 10.4. The van der Waals surface area contributed by atoms with Crippen molar-refractivity contribution >= 4 is 43.5 Å². The van der Waals surface area contributed by atoms with Crippen molar-refractivity contribution in [1.29, 1.82) is 0 Å². The maximum atomic E-state index is 12.4. The number of methoxy groups -OCH3 is 1. The molecule has 152 valence electrons. The van der Waals surface area contributed by atoms with E-state index in [2.05, 4.69) is 15.9 Å². The molecule has 0 N–H and O–H groups in total. The molecule has 1 aromatic heterocycles. The quantitative estimate of drug-likeness (QED) is 0.272. The zero-order valence-corrected chi connectivity index (χ0v) is 18.1. The molecule has 1 heterocycles. The summed E-state index contributed by atoms with van der Waals surface area (Å²) in [6.07, 6.45) is 0. The summed E-state index contributed by atoms with van der Waals surface area (Å²) in [5.41, 5.74) is 1.79. The van der Waals surface area contributed by atoms with Crippen LogP contribution in [0.2, 0.25) is 0 Å². The lowest BCUT2D eigenvalue weighted by Crippen LogP contribution is -2.18. The van der Waals surface area contributed by atoms with E-state index < -0.39 is 10.9 Å². The molecule has 4 aromatic rings. The molecule has 4 rings (SSSR count). The second-order valence-corrected chi connectivity index (χ2v) is 8.03. The Morgan fingerprint density at radius 1 is 1.00 bits per heavy atom. The molecular formula is C22H15BrO6S. The predicted octanol–water partition coefficient (Wildman–Crippen LogP) is 5.28. The third kappa shape index (κ3) is 4.39. The molecule has 0 saturated carbocycles. The predicted molar refractivity (Wildman–Crippen MR) is 118 cm³/mol. The highest BCUT2D eigenvalue weighted by Gasteiger charge is 2.18. The lowest BCUT2D eigenvalue weighted by atomic mass is 10.0. The fourth-order valence-corrected chi connectivity index (χ4v) is 3.96. The van der Waals surface area contributed by atoms with Crippen molar-refractivity contribution in [2.45, 2.75) is 0 Å². The average Bonchev–Trinajstić information content (AvgIpc) is 3.13. The van der Waals surface area contributed by atoms with Gasteiger partial charge in [-0.05, 0) is 54.1 Å². The number of carbonyl (C=O) groups is 1. The van der Waals surface area contributed by atoms with E-state index in [9.17, 15) is 9.59 Å². The van der Waals surface area contributed by atoms with E-state index in [0.29, 0.717) is 33.1 Å². The SMILES string of the molecule is COc1ccc(-c2c(OC(=O)COc3ccc(Br)cc3)ccc3oc(=O)sc23)cc1. The van der Waals surface area contributed by atoms with E-state index in [1.165, 1.54) is 0 Å². The third-order valence-corrected chi connectivity index (χ3v) is 5.62. The van der Waals surface area contributed by atoms with E-state index in [4.69, 9.17) is 18.6 Å². The fourth-order valence-electron chi connectivity index (χ4n) is 2.86. The summed E-state index contributed by atoms with van der Waals surface area (Å²) in [6.45, 7) is -0.261. The molecule has 8 heteroatoms. The number of benzene rings is 3. The number of halogens is 1. The van der Waals surface area contributed by atoms with Crippen molar-refractivity contribution in [2.24, 2.45) is 0 Å². The van der Waals surface area contributed by atoms with Crippen LogP contribution in [0.15, 0.2) is 74.3 Å². The van der Waals surface area contributed by atoms with Crippen LogP contribution in [-0.2, 0) is 4.79 Å². The van der Waals surface area contributed by atoms with Gasteiger partial charge < -0.3 is 18.6 Å². The number of carbonyl (C=O) groups excluding carboxylic acids is 1. The Morgan fingerprint density at radius 3 is 2.40 bits per heavy atom. The van der Waals surface area contributed by atoms with Crippen LogP contribution in [0.4, 0.5) is 0 Å². The van der Waals surface area contributed by atoms with Gasteiger partial charge in [0, 0.05) is 10.0 Å². The zero-order valence-electron chi connectivity index (χ0n) is 15.7. The highest BCUT2D eigenvalue weighted by atomic mass is 79.9. The van der Waals surface area contributed by atoms with Crippen LogP contribution in [0.5, 0.6) is 17.2 Å². The van der Waals surface area contributed by atoms with E-state index in [-0.39, 0.29) is 6.61 Å². The molecule has 6 nitrogen and oxygen atoms in total. The highest BCUT2D eigenvalue weighted by molar-refractivity contribution is 9.10. The van der Waals surface area contributed by atoms with Crippen LogP contribution < -0.4 is 19.1 Å². The van der Waals surface area contributed by atoms with Gasteiger partial charge in [0.15, 0.2) is 6.61 Å². The number of rotatable bonds is 6. The second kappa shape index (κ2) is 8.73. The normalized spacial score (nSPS) is 10.7. The Bertz CT molecular complexity index is 1240. The summed E-state index contributed by atoms with van der Waals surface area (Å²) >= 11 is 4.30. The van der Waals surface area contributed by atoms with Crippen molar-refractivity contribution in [3.05, 3.63) is 74.9 Å². The lowest BCUT2D eigenvalue weighted by Gasteiger charge is -2.12. The van der Waals surface area contributed by atoms with E-state index in [0.717, 1.165) is 21.4 Å². The third-order valence-electron chi connectivity index (χ3n) is 4.23. The van der Waals surface area contributed by atoms with Crippen LogP contribution in [0, 0.1) is 0 Å². The van der Waals surface area contributed by atoms with Crippen LogP contribution in [-0.4, -0.2) is 19.7 Å². The first-order valence-electron chi connectivity index (χ1n) is 8.83. The molecule has 30 heavy (non-hydrogen) atoms. The van der Waals surface area contributed by atoms with Gasteiger partial charge in [-0.25, -0.2) is 9.59 Å². The van der Waals surface area contributed by atoms with Crippen LogP contribution >= 0.6 is 27.3 Å². The number of hydrogen-bond donors (Lipinski definition) is 0. The molecule has 0 aliphatic heterocycles. The molecule has 0 radical (unpaired) electrons. The summed E-state index contributed by atoms with van der Waals surface area (Å²) in [7, 11) is 1.58. The van der Waals surface area contributed by atoms with Crippen molar-refractivity contribution < 1.29 is 23.4 Å². The second-order valence-electron chi connectivity index (χ2n) is 6.17. The first-order chi connectivity index (χ1) is 14.5. The Labute approximate surface area is 183 Å². The monoisotopic (exact) mass is 486 g/mol. The first kappa shape index (κ1) is 20.2. The molecule has 0 atom stereocenters. The van der Waals surface area contributed by atoms with Crippen molar-refractivity contribution in [1.82, 2.24) is 0 Å². The van der Waals surface area contributed by atoms with Gasteiger partial charge in [0.1, 0.15) is 22.8 Å². The average molecular weight is 487 g/mol. The largest absolute Gasteiger partial charge is 0.497 e. The number of ether oxygens (including phenoxy) is 3. The summed E-state index contributed by atoms with van der Waals surface area (Å²) in [4.78, 5) is 23.8. The molecule has 3 aromatic carbocycles. The molecule has 0 aliphatic rings. The molecular weight excluding hydrogens is 472 g/mol. The van der Waals surface area contributed by atoms with Crippen molar-refractivity contribution in [3.8, 4) is 28.4 Å². The smallest absolute Gasteiger partial charge is 0.396 e. The maximum Gasteiger partial charge on any atom is 0.396 e. The van der Waals surface area contributed by atoms with Gasteiger partial charge >= 0.3 is 10.9 Å². The molecule has 0 spiro atoms. The van der Waals surface area contributed by atoms with E-state index >= 15 is 0 Å². The zero-order chi connectivity index (χ0) is 21.1. The molecule has 0 fully saturated rings. The Kier molecular flexibility index (Phi) is 5.87. The maximum absolute atomic E-state index is 12.4. The van der Waals surface area contributed by atoms with Crippen molar-refractivity contribution in [3.63, 3.8) is 0 Å². The topological polar surface area (TPSA) is 75.0 Å². The van der Waals surface area contributed by atoms with Gasteiger partial charge in [-0.15, -0.1) is 0 Å². The molecule has 0 unspecified atom stereocenters. The molecule has 0 saturated heterocycles. The molecule has 0 bridgehead atoms. The fraction of sp³-hybridized carbons (Fsp3) is 0.0909. The van der Waals surface area contributed by atoms with Gasteiger partial charge in [-0.3, -0.25) is 0 Å². The minimum Gasteiger partial charge on any atom is -0.497 e. The molecule has 0 aliphatic carbocycles. The number of hydrogen-bond acceptors (Lipinski definition) is 7. The van der Waals surface area contributed by atoms with Gasteiger partial charge in [0.05, 0.1) is 11.8 Å². The molecule has 0 amide bonds. The number of fused-ring (bicyclic) bond motifs is 1. The standard InChI is InChI=1S/C22H15BrO6S/c1-26-15-6-2-13(3-7-15)20-17(10-11-18-21(20)30-22(25)29-18)28-19(24)12-27-16-8-4-14(23)5-9-16/h2-11H,12H2,1H3. The van der Waals surface area contributed by atoms with Crippen LogP contribution in [0.1, 0.15) is 0 Å². The van der Waals surface area contributed by atoms with E-state index in [1.54, 1.807) is 43.5 Å². The summed E-state index contributed by atoms with van der Waals surface area (Å²) in [5, 5.41) is 0. The van der Waals surface area contributed by atoms with Gasteiger partial charge in [0.2, 0.25) is 0 Å². The van der Waals surface area contributed by atoms with Gasteiger partial charge in [-0.1, -0.05) is 39.4 Å². The van der Waals surface area contributed by atoms with Gasteiger partial charge in [-0.2, -0.15) is 0 Å². The van der Waals surface area contributed by atoms with E-state index in [1.807, 2.05) is 24.3 Å².